The first-order valence-electron chi connectivity index (χ1n) is 7.37. The lowest BCUT2D eigenvalue weighted by atomic mass is 10.0. The number of nitrogens with two attached hydrogens (primary N) is 1. The maximum atomic E-state index is 11.9. The fourth-order valence-electron chi connectivity index (χ4n) is 1.86. The van der Waals surface area contributed by atoms with Crippen LogP contribution in [-0.4, -0.2) is 32.2 Å². The highest BCUT2D eigenvalue weighted by molar-refractivity contribution is 6.44. The number of benzene rings is 1. The van der Waals surface area contributed by atoms with Gasteiger partial charge in [0.25, 0.3) is 5.91 Å². The van der Waals surface area contributed by atoms with Crippen molar-refractivity contribution < 1.29 is 14.7 Å². The first-order chi connectivity index (χ1) is 11.3. The maximum absolute atomic E-state index is 11.9. The van der Waals surface area contributed by atoms with Gasteiger partial charge < -0.3 is 16.2 Å². The Kier molecular flexibility index (Phi) is 5.15. The quantitative estimate of drug-likeness (QED) is 0.542. The third kappa shape index (κ3) is 4.79. The van der Waals surface area contributed by atoms with E-state index in [1.807, 2.05) is 30.3 Å². The Morgan fingerprint density at radius 1 is 1.33 bits per heavy atom. The number of rotatable bonds is 6. The van der Waals surface area contributed by atoms with Crippen LogP contribution in [0.3, 0.4) is 0 Å². The van der Waals surface area contributed by atoms with Crippen LogP contribution in [0.1, 0.15) is 19.4 Å². The van der Waals surface area contributed by atoms with Gasteiger partial charge in [0, 0.05) is 18.0 Å². The van der Waals surface area contributed by atoms with E-state index in [1.165, 1.54) is 20.0 Å². The lowest BCUT2D eigenvalue weighted by molar-refractivity contribution is -0.132. The highest BCUT2D eigenvalue weighted by atomic mass is 16.3. The van der Waals surface area contributed by atoms with Crippen molar-refractivity contribution in [3.8, 4) is 0 Å². The molecule has 0 atom stereocenters. The molecule has 0 spiro atoms. The van der Waals surface area contributed by atoms with Crippen LogP contribution in [-0.2, 0) is 16.1 Å². The van der Waals surface area contributed by atoms with Crippen LogP contribution in [0, 0.1) is 0 Å². The summed E-state index contributed by atoms with van der Waals surface area (Å²) in [5.41, 5.74) is 5.59. The molecule has 7 nitrogen and oxygen atoms in total. The Labute approximate surface area is 139 Å². The van der Waals surface area contributed by atoms with E-state index in [2.05, 4.69) is 10.4 Å². The van der Waals surface area contributed by atoms with E-state index in [1.54, 1.807) is 10.9 Å². The van der Waals surface area contributed by atoms with Crippen molar-refractivity contribution in [2.75, 3.05) is 5.32 Å². The minimum Gasteiger partial charge on any atom is -0.400 e. The highest BCUT2D eigenvalue weighted by Crippen LogP contribution is 2.11. The van der Waals surface area contributed by atoms with Gasteiger partial charge in [0.2, 0.25) is 5.78 Å². The van der Waals surface area contributed by atoms with Gasteiger partial charge in [0.15, 0.2) is 0 Å². The second-order valence-corrected chi connectivity index (χ2v) is 5.89. The molecular weight excluding hydrogens is 308 g/mol. The Hall–Kier alpha value is -2.93. The molecule has 2 rings (SSSR count). The third-order valence-corrected chi connectivity index (χ3v) is 3.30. The second-order valence-electron chi connectivity index (χ2n) is 5.89. The Morgan fingerprint density at radius 2 is 2.00 bits per heavy atom. The van der Waals surface area contributed by atoms with Crippen LogP contribution in [0.25, 0.3) is 0 Å². The normalized spacial score (nSPS) is 12.0. The summed E-state index contributed by atoms with van der Waals surface area (Å²) in [6.07, 6.45) is 4.00. The summed E-state index contributed by atoms with van der Waals surface area (Å²) < 4.78 is 1.65. The molecule has 0 bridgehead atoms. The van der Waals surface area contributed by atoms with Crippen molar-refractivity contribution in [3.63, 3.8) is 0 Å². The zero-order valence-electron chi connectivity index (χ0n) is 13.6. The molecule has 0 saturated carbocycles. The molecule has 0 aliphatic rings. The van der Waals surface area contributed by atoms with Gasteiger partial charge in [-0.25, -0.2) is 0 Å². The molecule has 126 valence electrons. The molecule has 1 aromatic carbocycles. The van der Waals surface area contributed by atoms with Crippen molar-refractivity contribution in [1.29, 1.82) is 0 Å². The van der Waals surface area contributed by atoms with E-state index in [-0.39, 0.29) is 5.70 Å². The van der Waals surface area contributed by atoms with Crippen molar-refractivity contribution in [2.24, 2.45) is 5.73 Å². The zero-order chi connectivity index (χ0) is 17.7. The molecule has 0 fully saturated rings. The van der Waals surface area contributed by atoms with Crippen LogP contribution in [0.4, 0.5) is 5.69 Å². The average molecular weight is 328 g/mol. The van der Waals surface area contributed by atoms with E-state index < -0.39 is 17.3 Å². The molecule has 24 heavy (non-hydrogen) atoms. The van der Waals surface area contributed by atoms with Gasteiger partial charge in [-0.15, -0.1) is 0 Å². The summed E-state index contributed by atoms with van der Waals surface area (Å²) in [5, 5.41) is 16.2. The van der Waals surface area contributed by atoms with E-state index >= 15 is 0 Å². The van der Waals surface area contributed by atoms with Crippen LogP contribution < -0.4 is 11.1 Å². The number of anilines is 1. The van der Waals surface area contributed by atoms with Crippen molar-refractivity contribution in [1.82, 2.24) is 9.78 Å². The van der Waals surface area contributed by atoms with Crippen LogP contribution in [0.2, 0.25) is 0 Å². The number of amides is 1. The third-order valence-electron chi connectivity index (χ3n) is 3.30. The lowest BCUT2D eigenvalue weighted by Gasteiger charge is -2.16. The number of carbonyl (C=O) groups is 2. The van der Waals surface area contributed by atoms with Crippen LogP contribution in [0.15, 0.2) is 54.5 Å². The molecule has 1 amide bonds. The number of aliphatic hydroxyl groups is 1. The summed E-state index contributed by atoms with van der Waals surface area (Å²) in [7, 11) is 0. The highest BCUT2D eigenvalue weighted by Gasteiger charge is 2.20. The predicted octanol–water partition coefficient (Wildman–Crippen LogP) is 1.05. The standard InChI is InChI=1S/C17H20N4O3/c1-17(2,24)15(18)8-14(22)16(23)20-13-9-19-21(11-13)10-12-6-4-3-5-7-12/h3-9,11,24H,10,18H2,1-2H3,(H,20,23). The number of nitrogens with one attached hydrogen (secondary N) is 1. The molecule has 0 aliphatic heterocycles. The Balaban J connectivity index is 1.99. The van der Waals surface area contributed by atoms with E-state index in [0.717, 1.165) is 11.6 Å². The number of hydrogen-bond acceptors (Lipinski definition) is 5. The number of ketones is 1. The van der Waals surface area contributed by atoms with E-state index in [4.69, 9.17) is 5.73 Å². The first kappa shape index (κ1) is 17.4. The zero-order valence-corrected chi connectivity index (χ0v) is 13.6. The van der Waals surface area contributed by atoms with Gasteiger partial charge in [0.05, 0.1) is 24.0 Å². The van der Waals surface area contributed by atoms with Crippen molar-refractivity contribution in [3.05, 3.63) is 60.1 Å². The monoisotopic (exact) mass is 328 g/mol. The number of aromatic nitrogens is 2. The molecule has 0 unspecified atom stereocenters. The second kappa shape index (κ2) is 7.10. The van der Waals surface area contributed by atoms with Gasteiger partial charge in [0.1, 0.15) is 0 Å². The Morgan fingerprint density at radius 3 is 2.62 bits per heavy atom. The molecular formula is C17H20N4O3. The summed E-state index contributed by atoms with van der Waals surface area (Å²) in [5.74, 6) is -1.69. The predicted molar refractivity (Wildman–Crippen MR) is 90.0 cm³/mol. The first-order valence-corrected chi connectivity index (χ1v) is 7.37. The number of nitrogens with zero attached hydrogens (tertiary/aromatic N) is 2. The van der Waals surface area contributed by atoms with Crippen molar-refractivity contribution >= 4 is 17.4 Å². The van der Waals surface area contributed by atoms with Crippen LogP contribution >= 0.6 is 0 Å². The number of carbonyl (C=O) groups excluding carboxylic acids is 2. The lowest BCUT2D eigenvalue weighted by Crippen LogP contribution is -2.30. The molecule has 4 N–H and O–H groups in total. The van der Waals surface area contributed by atoms with Gasteiger partial charge >= 0.3 is 0 Å². The fraction of sp³-hybridized carbons (Fsp3) is 0.235. The molecule has 0 radical (unpaired) electrons. The molecule has 7 heteroatoms. The van der Waals surface area contributed by atoms with E-state index in [0.29, 0.717) is 12.2 Å². The molecule has 0 aliphatic carbocycles. The van der Waals surface area contributed by atoms with Gasteiger partial charge in [-0.2, -0.15) is 5.10 Å². The minimum atomic E-state index is -1.36. The molecule has 0 saturated heterocycles. The number of hydrogen-bond donors (Lipinski definition) is 3. The maximum Gasteiger partial charge on any atom is 0.296 e. The van der Waals surface area contributed by atoms with E-state index in [9.17, 15) is 14.7 Å². The SMILES string of the molecule is CC(C)(O)C(N)=CC(=O)C(=O)Nc1cnn(Cc2ccccc2)c1. The average Bonchev–Trinajstić information content (AvgIpc) is 2.94. The summed E-state index contributed by atoms with van der Waals surface area (Å²) >= 11 is 0. The summed E-state index contributed by atoms with van der Waals surface area (Å²) in [4.78, 5) is 23.7. The molecule has 1 aromatic heterocycles. The molecule has 2 aromatic rings. The van der Waals surface area contributed by atoms with Crippen molar-refractivity contribution in [2.45, 2.75) is 26.0 Å². The van der Waals surface area contributed by atoms with Gasteiger partial charge in [-0.1, -0.05) is 30.3 Å². The topological polar surface area (TPSA) is 110 Å². The minimum absolute atomic E-state index is 0.0811. The smallest absolute Gasteiger partial charge is 0.296 e. The molecule has 1 heterocycles. The van der Waals surface area contributed by atoms with Gasteiger partial charge in [-0.05, 0) is 19.4 Å². The van der Waals surface area contributed by atoms with Crippen LogP contribution in [0.5, 0.6) is 0 Å². The largest absolute Gasteiger partial charge is 0.400 e. The van der Waals surface area contributed by atoms with Gasteiger partial charge in [-0.3, -0.25) is 14.3 Å². The Bertz CT molecular complexity index is 758. The summed E-state index contributed by atoms with van der Waals surface area (Å²) in [6.45, 7) is 3.41. The fourth-order valence-corrected chi connectivity index (χ4v) is 1.86. The summed E-state index contributed by atoms with van der Waals surface area (Å²) in [6, 6.07) is 9.72.